The Morgan fingerprint density at radius 1 is 1.41 bits per heavy atom. The molecule has 2 rings (SSSR count). The molecule has 1 heterocycles. The Kier molecular flexibility index (Phi) is 3.82. The van der Waals surface area contributed by atoms with Gasteiger partial charge in [0.25, 0.3) is 0 Å². The molecule has 3 nitrogen and oxygen atoms in total. The van der Waals surface area contributed by atoms with E-state index in [4.69, 9.17) is 11.6 Å². The fourth-order valence-corrected chi connectivity index (χ4v) is 1.89. The lowest BCUT2D eigenvalue weighted by molar-refractivity contribution is 0.791. The zero-order valence-electron chi connectivity index (χ0n) is 10.1. The Labute approximate surface area is 106 Å². The van der Waals surface area contributed by atoms with Gasteiger partial charge < -0.3 is 5.32 Å². The molecule has 0 saturated carbocycles. The lowest BCUT2D eigenvalue weighted by Gasteiger charge is -2.05. The Balaban J connectivity index is 2.27. The number of benzene rings is 1. The number of hydrogen-bond acceptors (Lipinski definition) is 2. The molecule has 0 spiro atoms. The molecule has 1 aromatic heterocycles. The summed E-state index contributed by atoms with van der Waals surface area (Å²) in [6.45, 7) is 3.01. The lowest BCUT2D eigenvalue weighted by Crippen LogP contribution is -2.09. The Morgan fingerprint density at radius 2 is 2.24 bits per heavy atom. The fourth-order valence-electron chi connectivity index (χ4n) is 1.72. The molecule has 0 aliphatic heterocycles. The highest BCUT2D eigenvalue weighted by Gasteiger charge is 2.04. The predicted molar refractivity (Wildman–Crippen MR) is 70.9 cm³/mol. The van der Waals surface area contributed by atoms with Gasteiger partial charge in [-0.15, -0.1) is 0 Å². The largest absolute Gasteiger partial charge is 0.319 e. The molecule has 0 unspecified atom stereocenters. The first-order valence-electron chi connectivity index (χ1n) is 5.65. The molecule has 0 fully saturated rings. The predicted octanol–water partition coefficient (Wildman–Crippen LogP) is 2.60. The van der Waals surface area contributed by atoms with Crippen molar-refractivity contribution < 1.29 is 0 Å². The molecule has 1 aromatic carbocycles. The van der Waals surface area contributed by atoms with Crippen molar-refractivity contribution in [2.75, 3.05) is 13.6 Å². The summed E-state index contributed by atoms with van der Waals surface area (Å²) in [5.74, 6) is 0. The van der Waals surface area contributed by atoms with E-state index in [1.807, 2.05) is 36.1 Å². The van der Waals surface area contributed by atoms with Crippen molar-refractivity contribution >= 4 is 11.6 Å². The molecule has 0 saturated heterocycles. The third kappa shape index (κ3) is 2.87. The maximum absolute atomic E-state index is 6.01. The second-order valence-corrected chi connectivity index (χ2v) is 4.51. The van der Waals surface area contributed by atoms with Gasteiger partial charge in [0.05, 0.1) is 11.9 Å². The molecule has 2 aromatic rings. The molecule has 0 aliphatic carbocycles. The highest BCUT2D eigenvalue weighted by Crippen LogP contribution is 2.19. The van der Waals surface area contributed by atoms with Gasteiger partial charge >= 0.3 is 0 Å². The summed E-state index contributed by atoms with van der Waals surface area (Å²) in [6, 6.07) is 5.84. The van der Waals surface area contributed by atoms with Gasteiger partial charge in [0.1, 0.15) is 0 Å². The van der Waals surface area contributed by atoms with E-state index >= 15 is 0 Å². The minimum Gasteiger partial charge on any atom is -0.319 e. The van der Waals surface area contributed by atoms with Crippen molar-refractivity contribution in [3.8, 4) is 5.69 Å². The van der Waals surface area contributed by atoms with Crippen LogP contribution in [0.1, 0.15) is 11.1 Å². The fraction of sp³-hybridized carbons (Fsp3) is 0.308. The molecule has 0 aliphatic rings. The molecular weight excluding hydrogens is 234 g/mol. The first kappa shape index (κ1) is 12.1. The van der Waals surface area contributed by atoms with Gasteiger partial charge in [-0.05, 0) is 50.2 Å². The zero-order chi connectivity index (χ0) is 12.3. The molecule has 0 bridgehead atoms. The van der Waals surface area contributed by atoms with Crippen molar-refractivity contribution in [2.45, 2.75) is 13.3 Å². The number of nitrogens with zero attached hydrogens (tertiary/aromatic N) is 2. The van der Waals surface area contributed by atoms with Crippen LogP contribution in [0.3, 0.4) is 0 Å². The Morgan fingerprint density at radius 3 is 3.00 bits per heavy atom. The van der Waals surface area contributed by atoms with E-state index in [0.29, 0.717) is 0 Å². The summed E-state index contributed by atoms with van der Waals surface area (Å²) in [4.78, 5) is 0. The van der Waals surface area contributed by atoms with Crippen molar-refractivity contribution in [1.82, 2.24) is 15.1 Å². The summed E-state index contributed by atoms with van der Waals surface area (Å²) >= 11 is 6.01. The number of aromatic nitrogens is 2. The quantitative estimate of drug-likeness (QED) is 0.903. The van der Waals surface area contributed by atoms with Crippen LogP contribution in [0.4, 0.5) is 0 Å². The maximum atomic E-state index is 6.01. The highest BCUT2D eigenvalue weighted by atomic mass is 35.5. The average molecular weight is 250 g/mol. The van der Waals surface area contributed by atoms with Crippen LogP contribution >= 0.6 is 11.6 Å². The first-order chi connectivity index (χ1) is 8.20. The topological polar surface area (TPSA) is 29.9 Å². The van der Waals surface area contributed by atoms with Gasteiger partial charge in [0.15, 0.2) is 0 Å². The van der Waals surface area contributed by atoms with Crippen LogP contribution in [0.5, 0.6) is 0 Å². The van der Waals surface area contributed by atoms with Crippen LogP contribution in [-0.4, -0.2) is 23.4 Å². The van der Waals surface area contributed by atoms with Gasteiger partial charge in [-0.3, -0.25) is 0 Å². The van der Waals surface area contributed by atoms with E-state index in [9.17, 15) is 0 Å². The number of hydrogen-bond donors (Lipinski definition) is 1. The van der Waals surface area contributed by atoms with Gasteiger partial charge in [-0.1, -0.05) is 17.7 Å². The Bertz CT molecular complexity index is 505. The smallest absolute Gasteiger partial charge is 0.0689 e. The van der Waals surface area contributed by atoms with E-state index < -0.39 is 0 Å². The van der Waals surface area contributed by atoms with E-state index in [1.165, 1.54) is 5.56 Å². The van der Waals surface area contributed by atoms with Gasteiger partial charge in [-0.25, -0.2) is 4.68 Å². The second kappa shape index (κ2) is 5.34. The second-order valence-electron chi connectivity index (χ2n) is 4.08. The standard InChI is InChI=1S/C13H16ClN3/c1-10-3-4-12(14)7-13(10)17-9-11(8-16-17)5-6-15-2/h3-4,7-9,15H,5-6H2,1-2H3. The molecule has 17 heavy (non-hydrogen) atoms. The summed E-state index contributed by atoms with van der Waals surface area (Å²) in [6.07, 6.45) is 4.93. The van der Waals surface area contributed by atoms with E-state index in [2.05, 4.69) is 23.5 Å². The Hall–Kier alpha value is -1.32. The van der Waals surface area contributed by atoms with E-state index in [1.54, 1.807) is 0 Å². The minimum atomic E-state index is 0.734. The molecular formula is C13H16ClN3. The molecule has 0 amide bonds. The average Bonchev–Trinajstić information content (AvgIpc) is 2.78. The van der Waals surface area contributed by atoms with Crippen LogP contribution in [0.2, 0.25) is 5.02 Å². The molecule has 0 radical (unpaired) electrons. The summed E-state index contributed by atoms with van der Waals surface area (Å²) in [5, 5.41) is 8.23. The number of nitrogens with one attached hydrogen (secondary N) is 1. The van der Waals surface area contributed by atoms with Crippen LogP contribution < -0.4 is 5.32 Å². The van der Waals surface area contributed by atoms with E-state index in [0.717, 1.165) is 29.2 Å². The lowest BCUT2D eigenvalue weighted by atomic mass is 10.2. The maximum Gasteiger partial charge on any atom is 0.0689 e. The summed E-state index contributed by atoms with van der Waals surface area (Å²) < 4.78 is 1.88. The SMILES string of the molecule is CNCCc1cnn(-c2cc(Cl)ccc2C)c1. The van der Waals surface area contributed by atoms with Gasteiger partial charge in [0, 0.05) is 11.2 Å². The van der Waals surface area contributed by atoms with Gasteiger partial charge in [-0.2, -0.15) is 5.10 Å². The first-order valence-corrected chi connectivity index (χ1v) is 6.03. The van der Waals surface area contributed by atoms with Crippen molar-refractivity contribution in [1.29, 1.82) is 0 Å². The van der Waals surface area contributed by atoms with Crippen molar-refractivity contribution in [3.05, 3.63) is 46.7 Å². The molecule has 4 heteroatoms. The summed E-state index contributed by atoms with van der Waals surface area (Å²) in [5.41, 5.74) is 3.42. The van der Waals surface area contributed by atoms with Crippen LogP contribution in [0.15, 0.2) is 30.6 Å². The number of halogens is 1. The highest BCUT2D eigenvalue weighted by molar-refractivity contribution is 6.30. The normalized spacial score (nSPS) is 10.8. The van der Waals surface area contributed by atoms with Crippen LogP contribution in [-0.2, 0) is 6.42 Å². The third-order valence-electron chi connectivity index (χ3n) is 2.72. The molecule has 0 atom stereocenters. The van der Waals surface area contributed by atoms with Crippen molar-refractivity contribution in [2.24, 2.45) is 0 Å². The van der Waals surface area contributed by atoms with E-state index in [-0.39, 0.29) is 0 Å². The van der Waals surface area contributed by atoms with Gasteiger partial charge in [0.2, 0.25) is 0 Å². The zero-order valence-corrected chi connectivity index (χ0v) is 10.8. The monoisotopic (exact) mass is 249 g/mol. The van der Waals surface area contributed by atoms with Crippen LogP contribution in [0, 0.1) is 6.92 Å². The minimum absolute atomic E-state index is 0.734. The number of aryl methyl sites for hydroxylation is 1. The third-order valence-corrected chi connectivity index (χ3v) is 2.95. The van der Waals surface area contributed by atoms with Crippen molar-refractivity contribution in [3.63, 3.8) is 0 Å². The molecule has 1 N–H and O–H groups in total. The molecule has 90 valence electrons. The number of likely N-dealkylation sites (N-methyl/N-ethyl adjacent to an activating group) is 1. The van der Waals surface area contributed by atoms with Crippen LogP contribution in [0.25, 0.3) is 5.69 Å². The number of rotatable bonds is 4. The summed E-state index contributed by atoms with van der Waals surface area (Å²) in [7, 11) is 1.95.